The van der Waals surface area contributed by atoms with Gasteiger partial charge in [0.2, 0.25) is 0 Å². The third kappa shape index (κ3) is 4.25. The van der Waals surface area contributed by atoms with Gasteiger partial charge in [-0.1, -0.05) is 0 Å². The Hall–Kier alpha value is -4.77. The number of benzene rings is 2. The number of piperazine rings is 1. The Morgan fingerprint density at radius 3 is 2.65 bits per heavy atom. The second-order valence-corrected chi connectivity index (χ2v) is 9.13. The quantitative estimate of drug-likeness (QED) is 0.297. The summed E-state index contributed by atoms with van der Waals surface area (Å²) in [6.07, 6.45) is 4.33. The molecule has 37 heavy (non-hydrogen) atoms. The van der Waals surface area contributed by atoms with Crippen LogP contribution >= 0.6 is 0 Å². The third-order valence-corrected chi connectivity index (χ3v) is 6.68. The molecule has 4 heterocycles. The Balaban J connectivity index is 1.35. The zero-order valence-corrected chi connectivity index (χ0v) is 20.2. The number of amides is 1. The topological polar surface area (TPSA) is 149 Å². The fourth-order valence-electron chi connectivity index (χ4n) is 4.62. The molecule has 0 spiro atoms. The molecule has 11 nitrogen and oxygen atoms in total. The summed E-state index contributed by atoms with van der Waals surface area (Å²) >= 11 is 0. The summed E-state index contributed by atoms with van der Waals surface area (Å²) in [4.78, 5) is 48.9. The molecule has 1 saturated heterocycles. The molecule has 186 valence electrons. The van der Waals surface area contributed by atoms with Crippen LogP contribution in [0.5, 0.6) is 0 Å². The van der Waals surface area contributed by atoms with Crippen molar-refractivity contribution in [3.63, 3.8) is 0 Å². The van der Waals surface area contributed by atoms with Crippen LogP contribution in [0.15, 0.2) is 59.8 Å². The number of nitrogens with zero attached hydrogens (tertiary/aromatic N) is 5. The van der Waals surface area contributed by atoms with Gasteiger partial charge in [-0.15, -0.1) is 0 Å². The van der Waals surface area contributed by atoms with Crippen LogP contribution < -0.4 is 21.5 Å². The van der Waals surface area contributed by atoms with Gasteiger partial charge in [0.15, 0.2) is 0 Å². The number of carbonyl (C=O) groups is 1. The zero-order valence-electron chi connectivity index (χ0n) is 20.2. The maximum atomic E-state index is 13.0. The van der Waals surface area contributed by atoms with Gasteiger partial charge < -0.3 is 30.8 Å². The number of imidazole rings is 1. The monoisotopic (exact) mass is 495 g/mol. The van der Waals surface area contributed by atoms with Crippen molar-refractivity contribution in [2.45, 2.75) is 0 Å². The van der Waals surface area contributed by atoms with Gasteiger partial charge in [0.1, 0.15) is 17.1 Å². The Labute approximate surface area is 211 Å². The normalized spacial score (nSPS) is 14.4. The summed E-state index contributed by atoms with van der Waals surface area (Å²) in [6.45, 7) is 3.93. The molecule has 0 saturated carbocycles. The lowest BCUT2D eigenvalue weighted by Crippen LogP contribution is -2.44. The van der Waals surface area contributed by atoms with Crippen LogP contribution in [0.4, 0.5) is 17.1 Å². The Kier molecular flexibility index (Phi) is 5.53. The third-order valence-electron chi connectivity index (χ3n) is 6.68. The largest absolute Gasteiger partial charge is 0.397 e. The summed E-state index contributed by atoms with van der Waals surface area (Å²) in [5.74, 6) is -0.00992. The number of aromatic nitrogens is 5. The molecule has 5 aromatic rings. The molecule has 11 heteroatoms. The first-order valence-electron chi connectivity index (χ1n) is 11.9. The first kappa shape index (κ1) is 22.7. The van der Waals surface area contributed by atoms with Gasteiger partial charge >= 0.3 is 0 Å². The van der Waals surface area contributed by atoms with Crippen LogP contribution in [0.1, 0.15) is 10.5 Å². The number of pyridine rings is 1. The van der Waals surface area contributed by atoms with Crippen LogP contribution in [0.2, 0.25) is 0 Å². The molecule has 2 aromatic carbocycles. The molecule has 0 radical (unpaired) electrons. The van der Waals surface area contributed by atoms with E-state index in [1.807, 2.05) is 6.07 Å². The Morgan fingerprint density at radius 2 is 1.86 bits per heavy atom. The molecule has 1 amide bonds. The number of nitrogens with two attached hydrogens (primary N) is 1. The average Bonchev–Trinajstić information content (AvgIpc) is 3.33. The number of fused-ring (bicyclic) bond motifs is 2. The maximum Gasteiger partial charge on any atom is 0.275 e. The maximum absolute atomic E-state index is 13.0. The van der Waals surface area contributed by atoms with E-state index in [2.05, 4.69) is 59.2 Å². The van der Waals surface area contributed by atoms with Gasteiger partial charge in [0.05, 0.1) is 28.4 Å². The number of anilines is 3. The van der Waals surface area contributed by atoms with Gasteiger partial charge in [0, 0.05) is 55.3 Å². The van der Waals surface area contributed by atoms with Crippen molar-refractivity contribution in [1.29, 1.82) is 0 Å². The van der Waals surface area contributed by atoms with Crippen molar-refractivity contribution >= 4 is 44.9 Å². The number of nitrogen functional groups attached to an aromatic ring is 1. The zero-order chi connectivity index (χ0) is 25.5. The highest BCUT2D eigenvalue weighted by Crippen LogP contribution is 2.31. The smallest absolute Gasteiger partial charge is 0.275 e. The number of likely N-dealkylation sites (N-methyl/N-ethyl adjacent to an activating group) is 1. The van der Waals surface area contributed by atoms with Gasteiger partial charge in [-0.25, -0.2) is 9.97 Å². The second-order valence-electron chi connectivity index (χ2n) is 9.13. The molecule has 1 fully saturated rings. The standard InChI is InChI=1S/C26H25N9O2/c1-34-8-10-35(11-9-34)16-3-5-19-20(13-16)32-24(31-19)22-23(27)17-12-15(2-4-18(17)33-26(22)37)30-25(36)21-14-28-6-7-29-21/h2-7,12-14H,8-11H2,1H3,(H,30,36)(H,31,32)(H3,27,33,37). The second kappa shape index (κ2) is 9.03. The summed E-state index contributed by atoms with van der Waals surface area (Å²) in [5, 5.41) is 3.38. The minimum absolute atomic E-state index is 0.191. The van der Waals surface area contributed by atoms with E-state index in [1.165, 1.54) is 18.6 Å². The van der Waals surface area contributed by atoms with E-state index in [1.54, 1.807) is 18.2 Å². The lowest BCUT2D eigenvalue weighted by Gasteiger charge is -2.34. The lowest BCUT2D eigenvalue weighted by atomic mass is 10.1. The van der Waals surface area contributed by atoms with E-state index in [9.17, 15) is 9.59 Å². The molecular weight excluding hydrogens is 470 g/mol. The lowest BCUT2D eigenvalue weighted by molar-refractivity contribution is 0.102. The molecular formula is C26H25N9O2. The SMILES string of the molecule is CN1CCN(c2ccc3nc(-c4c(N)c5cc(NC(=O)c6cnccn6)ccc5[nH]c4=O)[nH]c3c2)CC1. The Morgan fingerprint density at radius 1 is 1.03 bits per heavy atom. The number of aromatic amines is 2. The number of hydrogen-bond donors (Lipinski definition) is 4. The molecule has 6 rings (SSSR count). The van der Waals surface area contributed by atoms with E-state index >= 15 is 0 Å². The molecule has 0 unspecified atom stereocenters. The summed E-state index contributed by atoms with van der Waals surface area (Å²) in [7, 11) is 2.13. The highest BCUT2D eigenvalue weighted by Gasteiger charge is 2.19. The van der Waals surface area contributed by atoms with Crippen LogP contribution in [0.25, 0.3) is 33.3 Å². The highest BCUT2D eigenvalue weighted by molar-refractivity contribution is 6.05. The van der Waals surface area contributed by atoms with E-state index in [-0.39, 0.29) is 22.5 Å². The van der Waals surface area contributed by atoms with E-state index in [0.717, 1.165) is 42.9 Å². The number of rotatable bonds is 4. The van der Waals surface area contributed by atoms with Gasteiger partial charge in [0.25, 0.3) is 11.5 Å². The molecule has 0 aliphatic carbocycles. The summed E-state index contributed by atoms with van der Waals surface area (Å²) in [6, 6.07) is 11.2. The predicted octanol–water partition coefficient (Wildman–Crippen LogP) is 2.45. The van der Waals surface area contributed by atoms with Crippen LogP contribution in [-0.2, 0) is 0 Å². The minimum atomic E-state index is -0.399. The van der Waals surface area contributed by atoms with Gasteiger partial charge in [-0.3, -0.25) is 14.6 Å². The summed E-state index contributed by atoms with van der Waals surface area (Å²) in [5.41, 5.74) is 10.6. The first-order chi connectivity index (χ1) is 18.0. The van der Waals surface area contributed by atoms with Gasteiger partial charge in [-0.05, 0) is 43.4 Å². The van der Waals surface area contributed by atoms with Crippen molar-refractivity contribution in [3.05, 3.63) is 71.0 Å². The summed E-state index contributed by atoms with van der Waals surface area (Å²) < 4.78 is 0. The average molecular weight is 496 g/mol. The minimum Gasteiger partial charge on any atom is -0.397 e. The van der Waals surface area contributed by atoms with Crippen molar-refractivity contribution in [2.75, 3.05) is 49.2 Å². The van der Waals surface area contributed by atoms with E-state index < -0.39 is 5.91 Å². The molecule has 5 N–H and O–H groups in total. The van der Waals surface area contributed by atoms with E-state index in [0.29, 0.717) is 22.4 Å². The van der Waals surface area contributed by atoms with Crippen molar-refractivity contribution in [2.24, 2.45) is 0 Å². The Bertz CT molecular complexity index is 1690. The van der Waals surface area contributed by atoms with Crippen LogP contribution in [-0.4, -0.2) is 69.0 Å². The number of nitrogens with one attached hydrogen (secondary N) is 3. The van der Waals surface area contributed by atoms with Crippen molar-refractivity contribution < 1.29 is 4.79 Å². The first-order valence-corrected chi connectivity index (χ1v) is 11.9. The van der Waals surface area contributed by atoms with Crippen LogP contribution in [0, 0.1) is 0 Å². The molecule has 1 aliphatic rings. The molecule has 3 aromatic heterocycles. The number of carbonyl (C=O) groups excluding carboxylic acids is 1. The molecule has 1 aliphatic heterocycles. The van der Waals surface area contributed by atoms with E-state index in [4.69, 9.17) is 5.73 Å². The number of hydrogen-bond acceptors (Lipinski definition) is 8. The van der Waals surface area contributed by atoms with Crippen molar-refractivity contribution in [3.8, 4) is 11.4 Å². The fraction of sp³-hybridized carbons (Fsp3) is 0.192. The molecule has 0 bridgehead atoms. The number of H-pyrrole nitrogens is 2. The highest BCUT2D eigenvalue weighted by atomic mass is 16.2. The predicted molar refractivity (Wildman–Crippen MR) is 144 cm³/mol. The fourth-order valence-corrected chi connectivity index (χ4v) is 4.62. The van der Waals surface area contributed by atoms with Crippen LogP contribution in [0.3, 0.4) is 0 Å². The van der Waals surface area contributed by atoms with Gasteiger partial charge in [-0.2, -0.15) is 0 Å². The molecule has 0 atom stereocenters. The van der Waals surface area contributed by atoms with Crippen molar-refractivity contribution in [1.82, 2.24) is 29.8 Å².